The number of aromatic nitrogens is 3. The average Bonchev–Trinajstić information content (AvgIpc) is 2.48. The number of hydrogen-bond acceptors (Lipinski definition) is 4. The van der Waals surface area contributed by atoms with E-state index < -0.39 is 0 Å². The third-order valence-corrected chi connectivity index (χ3v) is 4.51. The molecule has 0 aliphatic heterocycles. The van der Waals surface area contributed by atoms with E-state index in [1.165, 1.54) is 13.0 Å². The van der Waals surface area contributed by atoms with Gasteiger partial charge in [-0.05, 0) is 49.9 Å². The van der Waals surface area contributed by atoms with Gasteiger partial charge in [0.25, 0.3) is 0 Å². The van der Waals surface area contributed by atoms with Gasteiger partial charge in [0.2, 0.25) is 0 Å². The molecule has 0 unspecified atom stereocenters. The van der Waals surface area contributed by atoms with Crippen LogP contribution in [0.4, 0.5) is 4.39 Å². The summed E-state index contributed by atoms with van der Waals surface area (Å²) in [5.74, 6) is -0.315. The van der Waals surface area contributed by atoms with E-state index in [1.807, 2.05) is 6.07 Å². The van der Waals surface area contributed by atoms with E-state index >= 15 is 0 Å². The molecular formula is C17H18FN3O. The standard InChI is InChI=1S/C17H18FN3O/c1-12(22)15-6-5-13(20-21-15)7-10-17(8-3-9-17)16-14(18)4-2-11-19-16/h2,4-6,11H,3,7-10H2,1H3. The van der Waals surface area contributed by atoms with Gasteiger partial charge in [0, 0.05) is 18.5 Å². The van der Waals surface area contributed by atoms with Crippen LogP contribution in [0.1, 0.15) is 54.5 Å². The van der Waals surface area contributed by atoms with Crippen molar-refractivity contribution in [3.63, 3.8) is 0 Å². The Kier molecular flexibility index (Phi) is 3.96. The van der Waals surface area contributed by atoms with Crippen molar-refractivity contribution in [1.82, 2.24) is 15.2 Å². The van der Waals surface area contributed by atoms with Crippen LogP contribution in [-0.2, 0) is 11.8 Å². The molecule has 0 spiro atoms. The highest BCUT2D eigenvalue weighted by Crippen LogP contribution is 2.46. The minimum Gasteiger partial charge on any atom is -0.293 e. The smallest absolute Gasteiger partial charge is 0.180 e. The molecule has 0 amide bonds. The highest BCUT2D eigenvalue weighted by Gasteiger charge is 2.41. The molecule has 0 atom stereocenters. The maximum Gasteiger partial charge on any atom is 0.180 e. The van der Waals surface area contributed by atoms with E-state index in [4.69, 9.17) is 0 Å². The minimum absolute atomic E-state index is 0.0925. The van der Waals surface area contributed by atoms with Gasteiger partial charge in [-0.2, -0.15) is 5.10 Å². The summed E-state index contributed by atoms with van der Waals surface area (Å²) in [5.41, 5.74) is 1.60. The first kappa shape index (κ1) is 14.8. The Hall–Kier alpha value is -2.17. The van der Waals surface area contributed by atoms with Gasteiger partial charge in [0.15, 0.2) is 5.78 Å². The third-order valence-electron chi connectivity index (χ3n) is 4.51. The lowest BCUT2D eigenvalue weighted by Gasteiger charge is -2.41. The predicted octanol–water partition coefficient (Wildman–Crippen LogP) is 3.27. The molecule has 0 N–H and O–H groups in total. The zero-order valence-corrected chi connectivity index (χ0v) is 12.6. The van der Waals surface area contributed by atoms with Gasteiger partial charge in [0.1, 0.15) is 11.5 Å². The molecule has 0 saturated heterocycles. The number of Topliss-reactive ketones (excluding diaryl/α,β-unsaturated/α-hetero) is 1. The van der Waals surface area contributed by atoms with E-state index in [-0.39, 0.29) is 17.0 Å². The van der Waals surface area contributed by atoms with Crippen molar-refractivity contribution in [3.8, 4) is 0 Å². The molecule has 0 aromatic carbocycles. The summed E-state index contributed by atoms with van der Waals surface area (Å²) in [6.07, 6.45) is 6.18. The van der Waals surface area contributed by atoms with E-state index in [0.29, 0.717) is 17.8 Å². The van der Waals surface area contributed by atoms with Gasteiger partial charge in [-0.3, -0.25) is 9.78 Å². The number of hydrogen-bond donors (Lipinski definition) is 0. The summed E-state index contributed by atoms with van der Waals surface area (Å²) in [7, 11) is 0. The zero-order chi connectivity index (χ0) is 15.6. The molecule has 0 bridgehead atoms. The van der Waals surface area contributed by atoms with Gasteiger partial charge in [0.05, 0.1) is 11.4 Å². The van der Waals surface area contributed by atoms with Crippen LogP contribution in [0.25, 0.3) is 0 Å². The second-order valence-corrected chi connectivity index (χ2v) is 5.93. The van der Waals surface area contributed by atoms with Gasteiger partial charge >= 0.3 is 0 Å². The summed E-state index contributed by atoms with van der Waals surface area (Å²) in [5, 5.41) is 8.02. The Bertz CT molecular complexity index is 681. The van der Waals surface area contributed by atoms with Crippen LogP contribution in [0.15, 0.2) is 30.5 Å². The largest absolute Gasteiger partial charge is 0.293 e. The maximum atomic E-state index is 14.0. The first-order valence-electron chi connectivity index (χ1n) is 7.55. The average molecular weight is 299 g/mol. The molecule has 22 heavy (non-hydrogen) atoms. The third kappa shape index (κ3) is 2.75. The van der Waals surface area contributed by atoms with Crippen molar-refractivity contribution in [2.75, 3.05) is 0 Å². The first-order valence-corrected chi connectivity index (χ1v) is 7.55. The Morgan fingerprint density at radius 3 is 2.64 bits per heavy atom. The van der Waals surface area contributed by atoms with Crippen LogP contribution in [0.5, 0.6) is 0 Å². The molecule has 4 nitrogen and oxygen atoms in total. The molecule has 1 fully saturated rings. The zero-order valence-electron chi connectivity index (χ0n) is 12.6. The summed E-state index contributed by atoms with van der Waals surface area (Å²) < 4.78 is 14.0. The Labute approximate surface area is 128 Å². The van der Waals surface area contributed by atoms with Crippen LogP contribution in [0.3, 0.4) is 0 Å². The number of pyridine rings is 1. The van der Waals surface area contributed by atoms with Crippen molar-refractivity contribution in [3.05, 3.63) is 53.4 Å². The Balaban J connectivity index is 1.74. The Morgan fingerprint density at radius 1 is 1.27 bits per heavy atom. The first-order chi connectivity index (χ1) is 10.6. The number of aryl methyl sites for hydroxylation is 1. The van der Waals surface area contributed by atoms with Crippen LogP contribution in [-0.4, -0.2) is 21.0 Å². The Morgan fingerprint density at radius 2 is 2.09 bits per heavy atom. The van der Waals surface area contributed by atoms with E-state index in [2.05, 4.69) is 15.2 Å². The molecule has 2 aromatic rings. The van der Waals surface area contributed by atoms with Gasteiger partial charge in [-0.25, -0.2) is 4.39 Å². The topological polar surface area (TPSA) is 55.7 Å². The molecule has 1 aliphatic rings. The van der Waals surface area contributed by atoms with E-state index in [1.54, 1.807) is 18.3 Å². The fourth-order valence-electron chi connectivity index (χ4n) is 3.03. The normalized spacial score (nSPS) is 16.1. The quantitative estimate of drug-likeness (QED) is 0.795. The summed E-state index contributed by atoms with van der Waals surface area (Å²) in [6, 6.07) is 6.62. The number of ketones is 1. The SMILES string of the molecule is CC(=O)c1ccc(CCC2(c3ncccc3F)CCC2)nn1. The van der Waals surface area contributed by atoms with Crippen LogP contribution < -0.4 is 0 Å². The molecule has 0 radical (unpaired) electrons. The molecule has 2 aromatic heterocycles. The van der Waals surface area contributed by atoms with E-state index in [9.17, 15) is 9.18 Å². The van der Waals surface area contributed by atoms with Gasteiger partial charge in [-0.1, -0.05) is 6.42 Å². The van der Waals surface area contributed by atoms with Crippen LogP contribution >= 0.6 is 0 Å². The number of nitrogens with zero attached hydrogens (tertiary/aromatic N) is 3. The van der Waals surface area contributed by atoms with Crippen molar-refractivity contribution in [2.45, 2.75) is 44.4 Å². The highest BCUT2D eigenvalue weighted by molar-refractivity contribution is 5.91. The molecule has 3 rings (SSSR count). The monoisotopic (exact) mass is 299 g/mol. The lowest BCUT2D eigenvalue weighted by molar-refractivity contribution is 0.101. The van der Waals surface area contributed by atoms with Crippen molar-refractivity contribution < 1.29 is 9.18 Å². The summed E-state index contributed by atoms with van der Waals surface area (Å²) >= 11 is 0. The maximum absolute atomic E-state index is 14.0. The van der Waals surface area contributed by atoms with Gasteiger partial charge in [-0.15, -0.1) is 5.10 Å². The van der Waals surface area contributed by atoms with Crippen LogP contribution in [0.2, 0.25) is 0 Å². The number of carbonyl (C=O) groups excluding carboxylic acids is 1. The molecular weight excluding hydrogens is 281 g/mol. The number of halogens is 1. The molecule has 2 heterocycles. The van der Waals surface area contributed by atoms with Crippen molar-refractivity contribution in [2.24, 2.45) is 0 Å². The highest BCUT2D eigenvalue weighted by atomic mass is 19.1. The van der Waals surface area contributed by atoms with Crippen molar-refractivity contribution >= 4 is 5.78 Å². The molecule has 1 saturated carbocycles. The lowest BCUT2D eigenvalue weighted by Crippen LogP contribution is -2.36. The van der Waals surface area contributed by atoms with E-state index in [0.717, 1.165) is 31.4 Å². The summed E-state index contributed by atoms with van der Waals surface area (Å²) in [4.78, 5) is 15.5. The van der Waals surface area contributed by atoms with Crippen LogP contribution in [0, 0.1) is 5.82 Å². The molecule has 114 valence electrons. The predicted molar refractivity (Wildman–Crippen MR) is 80.1 cm³/mol. The number of rotatable bonds is 5. The number of carbonyl (C=O) groups is 1. The second-order valence-electron chi connectivity index (χ2n) is 5.93. The lowest BCUT2D eigenvalue weighted by atomic mass is 9.63. The molecule has 1 aliphatic carbocycles. The summed E-state index contributed by atoms with van der Waals surface area (Å²) in [6.45, 7) is 1.47. The fraction of sp³-hybridized carbons (Fsp3) is 0.412. The minimum atomic E-state index is -0.222. The molecule has 5 heteroatoms. The van der Waals surface area contributed by atoms with Gasteiger partial charge < -0.3 is 0 Å². The second kappa shape index (κ2) is 5.91. The fourth-order valence-corrected chi connectivity index (χ4v) is 3.03. The van der Waals surface area contributed by atoms with Crippen molar-refractivity contribution in [1.29, 1.82) is 0 Å².